The lowest BCUT2D eigenvalue weighted by atomic mass is 9.85. The number of aromatic nitrogens is 2. The monoisotopic (exact) mass is 239 g/mol. The number of aryl methyl sites for hydroxylation is 1. The Hall–Kier alpha value is -2.08. The van der Waals surface area contributed by atoms with Crippen LogP contribution in [0.25, 0.3) is 11.3 Å². The van der Waals surface area contributed by atoms with Crippen LogP contribution in [0, 0.1) is 18.3 Å². The molecule has 1 aromatic heterocycles. The van der Waals surface area contributed by atoms with Gasteiger partial charge in [0.05, 0.1) is 5.69 Å². The minimum atomic E-state index is 0.112. The van der Waals surface area contributed by atoms with Gasteiger partial charge in [0.25, 0.3) is 0 Å². The summed E-state index contributed by atoms with van der Waals surface area (Å²) in [5.41, 5.74) is 4.99. The maximum atomic E-state index is 8.82. The SMILES string of the molecule is Cc1ccc(C(C)(C)C)cc1-c1cc(C#N)n[nH]1. The standard InChI is InChI=1S/C15H17N3/c1-10-5-6-11(15(2,3)4)7-13(10)14-8-12(9-16)17-18-14/h5-8H,1-4H3,(H,17,18). The summed E-state index contributed by atoms with van der Waals surface area (Å²) in [5, 5.41) is 15.7. The number of aromatic amines is 1. The van der Waals surface area contributed by atoms with E-state index < -0.39 is 0 Å². The number of hydrogen-bond acceptors (Lipinski definition) is 2. The molecule has 0 atom stereocenters. The normalized spacial score (nSPS) is 11.3. The van der Waals surface area contributed by atoms with Gasteiger partial charge >= 0.3 is 0 Å². The van der Waals surface area contributed by atoms with Crippen LogP contribution >= 0.6 is 0 Å². The van der Waals surface area contributed by atoms with Gasteiger partial charge in [-0.25, -0.2) is 0 Å². The van der Waals surface area contributed by atoms with Crippen molar-refractivity contribution < 1.29 is 0 Å². The summed E-state index contributed by atoms with van der Waals surface area (Å²) in [6.45, 7) is 8.63. The fourth-order valence-corrected chi connectivity index (χ4v) is 1.90. The lowest BCUT2D eigenvalue weighted by molar-refractivity contribution is 0.590. The van der Waals surface area contributed by atoms with Crippen molar-refractivity contribution in [1.29, 1.82) is 5.26 Å². The van der Waals surface area contributed by atoms with Gasteiger partial charge in [-0.2, -0.15) is 10.4 Å². The average Bonchev–Trinajstić information content (AvgIpc) is 2.76. The predicted octanol–water partition coefficient (Wildman–Crippen LogP) is 3.55. The van der Waals surface area contributed by atoms with Crippen LogP contribution in [0.5, 0.6) is 0 Å². The Balaban J connectivity index is 2.54. The van der Waals surface area contributed by atoms with Crippen molar-refractivity contribution in [3.05, 3.63) is 41.1 Å². The Morgan fingerprint density at radius 1 is 1.22 bits per heavy atom. The second kappa shape index (κ2) is 4.30. The molecule has 0 saturated heterocycles. The zero-order valence-electron chi connectivity index (χ0n) is 11.2. The molecule has 0 spiro atoms. The molecule has 2 rings (SSSR count). The van der Waals surface area contributed by atoms with Gasteiger partial charge < -0.3 is 0 Å². The Labute approximate surface area is 107 Å². The quantitative estimate of drug-likeness (QED) is 0.827. The van der Waals surface area contributed by atoms with Crippen molar-refractivity contribution >= 4 is 0 Å². The van der Waals surface area contributed by atoms with Crippen LogP contribution in [0.2, 0.25) is 0 Å². The molecule has 3 nitrogen and oxygen atoms in total. The molecule has 0 bridgehead atoms. The van der Waals surface area contributed by atoms with E-state index in [1.165, 1.54) is 11.1 Å². The zero-order chi connectivity index (χ0) is 13.3. The molecule has 2 aromatic rings. The van der Waals surface area contributed by atoms with E-state index in [-0.39, 0.29) is 5.41 Å². The predicted molar refractivity (Wildman–Crippen MR) is 72.2 cm³/mol. The maximum Gasteiger partial charge on any atom is 0.162 e. The number of nitriles is 1. The smallest absolute Gasteiger partial charge is 0.162 e. The third-order valence-corrected chi connectivity index (χ3v) is 3.09. The molecule has 0 amide bonds. The third-order valence-electron chi connectivity index (χ3n) is 3.09. The zero-order valence-corrected chi connectivity index (χ0v) is 11.2. The molecule has 0 unspecified atom stereocenters. The molecule has 1 aromatic carbocycles. The number of nitrogens with zero attached hydrogens (tertiary/aromatic N) is 2. The van der Waals surface area contributed by atoms with E-state index >= 15 is 0 Å². The number of benzene rings is 1. The summed E-state index contributed by atoms with van der Waals surface area (Å²) in [7, 11) is 0. The van der Waals surface area contributed by atoms with Crippen molar-refractivity contribution in [2.75, 3.05) is 0 Å². The topological polar surface area (TPSA) is 52.5 Å². The molecule has 0 aliphatic rings. The lowest BCUT2D eigenvalue weighted by Crippen LogP contribution is -2.11. The van der Waals surface area contributed by atoms with Gasteiger partial charge in [-0.05, 0) is 29.5 Å². The highest BCUT2D eigenvalue weighted by atomic mass is 15.1. The molecule has 1 heterocycles. The van der Waals surface area contributed by atoms with E-state index in [1.807, 2.05) is 6.07 Å². The first kappa shape index (κ1) is 12.4. The molecule has 0 fully saturated rings. The summed E-state index contributed by atoms with van der Waals surface area (Å²) < 4.78 is 0. The third kappa shape index (κ3) is 2.28. The first-order valence-electron chi connectivity index (χ1n) is 5.99. The van der Waals surface area contributed by atoms with Gasteiger partial charge in [-0.3, -0.25) is 5.10 Å². The minimum absolute atomic E-state index is 0.112. The van der Waals surface area contributed by atoms with Gasteiger partial charge in [0.15, 0.2) is 5.69 Å². The Morgan fingerprint density at radius 2 is 1.94 bits per heavy atom. The molecule has 18 heavy (non-hydrogen) atoms. The van der Waals surface area contributed by atoms with Crippen molar-refractivity contribution in [2.24, 2.45) is 0 Å². The lowest BCUT2D eigenvalue weighted by Gasteiger charge is -2.20. The molecular formula is C15H17N3. The van der Waals surface area contributed by atoms with E-state index in [2.05, 4.69) is 56.1 Å². The number of H-pyrrole nitrogens is 1. The molecule has 3 heteroatoms. The van der Waals surface area contributed by atoms with Crippen LogP contribution < -0.4 is 0 Å². The molecular weight excluding hydrogens is 222 g/mol. The van der Waals surface area contributed by atoms with Crippen LogP contribution in [0.1, 0.15) is 37.6 Å². The van der Waals surface area contributed by atoms with Crippen LogP contribution in [0.3, 0.4) is 0 Å². The maximum absolute atomic E-state index is 8.82. The van der Waals surface area contributed by atoms with Crippen LogP contribution in [0.15, 0.2) is 24.3 Å². The molecule has 0 radical (unpaired) electrons. The van der Waals surface area contributed by atoms with E-state index in [0.717, 1.165) is 11.3 Å². The Bertz CT molecular complexity index is 609. The highest BCUT2D eigenvalue weighted by molar-refractivity contribution is 5.65. The van der Waals surface area contributed by atoms with Gasteiger partial charge in [0, 0.05) is 11.6 Å². The van der Waals surface area contributed by atoms with Crippen molar-refractivity contribution in [3.63, 3.8) is 0 Å². The first-order chi connectivity index (χ1) is 8.41. The highest BCUT2D eigenvalue weighted by Gasteiger charge is 2.16. The molecule has 0 aliphatic carbocycles. The van der Waals surface area contributed by atoms with Crippen LogP contribution in [-0.4, -0.2) is 10.2 Å². The van der Waals surface area contributed by atoms with Crippen LogP contribution in [0.4, 0.5) is 0 Å². The average molecular weight is 239 g/mol. The minimum Gasteiger partial charge on any atom is -0.277 e. The van der Waals surface area contributed by atoms with Gasteiger partial charge in [0.1, 0.15) is 6.07 Å². The molecule has 0 saturated carbocycles. The van der Waals surface area contributed by atoms with Crippen molar-refractivity contribution in [1.82, 2.24) is 10.2 Å². The summed E-state index contributed by atoms with van der Waals surface area (Å²) in [5.74, 6) is 0. The summed E-state index contributed by atoms with van der Waals surface area (Å²) in [6.07, 6.45) is 0. The van der Waals surface area contributed by atoms with Crippen molar-refractivity contribution in [3.8, 4) is 17.3 Å². The van der Waals surface area contributed by atoms with Crippen LogP contribution in [-0.2, 0) is 5.41 Å². The van der Waals surface area contributed by atoms with E-state index in [1.54, 1.807) is 6.07 Å². The second-order valence-corrected chi connectivity index (χ2v) is 5.56. The number of rotatable bonds is 1. The summed E-state index contributed by atoms with van der Waals surface area (Å²) in [4.78, 5) is 0. The number of nitrogens with one attached hydrogen (secondary N) is 1. The first-order valence-corrected chi connectivity index (χ1v) is 5.99. The Kier molecular flexibility index (Phi) is 2.96. The van der Waals surface area contributed by atoms with E-state index in [9.17, 15) is 0 Å². The fourth-order valence-electron chi connectivity index (χ4n) is 1.90. The van der Waals surface area contributed by atoms with E-state index in [4.69, 9.17) is 5.26 Å². The molecule has 1 N–H and O–H groups in total. The van der Waals surface area contributed by atoms with E-state index in [0.29, 0.717) is 5.69 Å². The summed E-state index contributed by atoms with van der Waals surface area (Å²) in [6, 6.07) is 10.3. The van der Waals surface area contributed by atoms with Gasteiger partial charge in [0.2, 0.25) is 0 Å². The van der Waals surface area contributed by atoms with Crippen molar-refractivity contribution in [2.45, 2.75) is 33.1 Å². The Morgan fingerprint density at radius 3 is 2.50 bits per heavy atom. The molecule has 92 valence electrons. The highest BCUT2D eigenvalue weighted by Crippen LogP contribution is 2.29. The molecule has 0 aliphatic heterocycles. The largest absolute Gasteiger partial charge is 0.277 e. The van der Waals surface area contributed by atoms with Gasteiger partial charge in [-0.1, -0.05) is 32.9 Å². The van der Waals surface area contributed by atoms with Gasteiger partial charge in [-0.15, -0.1) is 0 Å². The fraction of sp³-hybridized carbons (Fsp3) is 0.333. The summed E-state index contributed by atoms with van der Waals surface area (Å²) >= 11 is 0. The number of hydrogen-bond donors (Lipinski definition) is 1. The second-order valence-electron chi connectivity index (χ2n) is 5.56.